The standard InChI is InChI=1S/C29H35N3O4S/c1-3-26-6-4-5-7-28(26)32(37(34,35)27-14-8-23(2)9-15-27)22-29(33)30-20-24-10-12-25(13-11-24)21-31-16-18-36-19-17-31/h4-15H,3,16-22H2,1-2H3,(H,30,33). The maximum atomic E-state index is 13.7. The Balaban J connectivity index is 1.46. The molecular formula is C29H35N3O4S. The summed E-state index contributed by atoms with van der Waals surface area (Å²) in [4.78, 5) is 15.5. The minimum Gasteiger partial charge on any atom is -0.379 e. The summed E-state index contributed by atoms with van der Waals surface area (Å²) in [5.41, 5.74) is 4.52. The summed E-state index contributed by atoms with van der Waals surface area (Å²) >= 11 is 0. The predicted octanol–water partition coefficient (Wildman–Crippen LogP) is 3.90. The molecule has 1 aliphatic heterocycles. The van der Waals surface area contributed by atoms with E-state index in [1.54, 1.807) is 36.4 Å². The minimum atomic E-state index is -3.94. The Kier molecular flexibility index (Phi) is 8.97. The summed E-state index contributed by atoms with van der Waals surface area (Å²) in [6.45, 7) is 8.17. The van der Waals surface area contributed by atoms with E-state index < -0.39 is 10.0 Å². The van der Waals surface area contributed by atoms with Gasteiger partial charge in [0, 0.05) is 26.2 Å². The van der Waals surface area contributed by atoms with Gasteiger partial charge in [-0.2, -0.15) is 0 Å². The Morgan fingerprint density at radius 3 is 2.27 bits per heavy atom. The van der Waals surface area contributed by atoms with Gasteiger partial charge in [0.25, 0.3) is 10.0 Å². The molecule has 196 valence electrons. The first kappa shape index (κ1) is 26.9. The number of sulfonamides is 1. The second-order valence-corrected chi connectivity index (χ2v) is 11.2. The molecule has 0 unspecified atom stereocenters. The molecule has 3 aromatic rings. The first-order valence-corrected chi connectivity index (χ1v) is 14.1. The highest BCUT2D eigenvalue weighted by molar-refractivity contribution is 7.92. The number of benzene rings is 3. The van der Waals surface area contributed by atoms with E-state index in [4.69, 9.17) is 4.74 Å². The van der Waals surface area contributed by atoms with Crippen LogP contribution in [-0.4, -0.2) is 52.1 Å². The van der Waals surface area contributed by atoms with Crippen LogP contribution >= 0.6 is 0 Å². The fraction of sp³-hybridized carbons (Fsp3) is 0.345. The highest BCUT2D eigenvalue weighted by Crippen LogP contribution is 2.27. The first-order chi connectivity index (χ1) is 17.9. The van der Waals surface area contributed by atoms with Crippen molar-refractivity contribution in [3.63, 3.8) is 0 Å². The highest BCUT2D eigenvalue weighted by atomic mass is 32.2. The number of aryl methyl sites for hydroxylation is 2. The number of carbonyl (C=O) groups excluding carboxylic acids is 1. The van der Waals surface area contributed by atoms with Crippen LogP contribution in [0.1, 0.15) is 29.2 Å². The van der Waals surface area contributed by atoms with Crippen LogP contribution in [0.4, 0.5) is 5.69 Å². The number of nitrogens with one attached hydrogen (secondary N) is 1. The molecule has 1 heterocycles. The number of carbonyl (C=O) groups is 1. The van der Waals surface area contributed by atoms with Crippen molar-refractivity contribution < 1.29 is 17.9 Å². The van der Waals surface area contributed by atoms with Gasteiger partial charge in [-0.05, 0) is 48.2 Å². The molecule has 1 N–H and O–H groups in total. The van der Waals surface area contributed by atoms with Crippen LogP contribution < -0.4 is 9.62 Å². The molecule has 37 heavy (non-hydrogen) atoms. The van der Waals surface area contributed by atoms with Crippen molar-refractivity contribution >= 4 is 21.6 Å². The Labute approximate surface area is 220 Å². The van der Waals surface area contributed by atoms with E-state index in [0.29, 0.717) is 18.7 Å². The second kappa shape index (κ2) is 12.4. The van der Waals surface area contributed by atoms with Crippen LogP contribution in [0.5, 0.6) is 0 Å². The molecule has 4 rings (SSSR count). The number of para-hydroxylation sites is 1. The maximum Gasteiger partial charge on any atom is 0.264 e. The molecule has 0 bridgehead atoms. The lowest BCUT2D eigenvalue weighted by atomic mass is 10.1. The maximum absolute atomic E-state index is 13.7. The number of anilines is 1. The van der Waals surface area contributed by atoms with Gasteiger partial charge in [-0.25, -0.2) is 8.42 Å². The molecule has 0 atom stereocenters. The van der Waals surface area contributed by atoms with Crippen LogP contribution in [0.2, 0.25) is 0 Å². The van der Waals surface area contributed by atoms with Crippen molar-refractivity contribution in [3.8, 4) is 0 Å². The lowest BCUT2D eigenvalue weighted by Gasteiger charge is -2.26. The molecule has 0 radical (unpaired) electrons. The molecule has 8 heteroatoms. The van der Waals surface area contributed by atoms with E-state index in [-0.39, 0.29) is 17.3 Å². The van der Waals surface area contributed by atoms with Gasteiger partial charge in [-0.15, -0.1) is 0 Å². The molecule has 0 saturated carbocycles. The van der Waals surface area contributed by atoms with Crippen LogP contribution in [0.25, 0.3) is 0 Å². The van der Waals surface area contributed by atoms with E-state index >= 15 is 0 Å². The number of amides is 1. The van der Waals surface area contributed by atoms with E-state index in [1.807, 2.05) is 38.1 Å². The summed E-state index contributed by atoms with van der Waals surface area (Å²) in [7, 11) is -3.94. The zero-order chi connectivity index (χ0) is 26.3. The van der Waals surface area contributed by atoms with Crippen molar-refractivity contribution in [2.75, 3.05) is 37.2 Å². The summed E-state index contributed by atoms with van der Waals surface area (Å²) in [6, 6.07) is 22.2. The zero-order valence-electron chi connectivity index (χ0n) is 21.5. The van der Waals surface area contributed by atoms with Crippen LogP contribution in [0.15, 0.2) is 77.7 Å². The molecular weight excluding hydrogens is 486 g/mol. The Bertz CT molecular complexity index is 1290. The lowest BCUT2D eigenvalue weighted by molar-refractivity contribution is -0.119. The molecule has 0 spiro atoms. The SMILES string of the molecule is CCc1ccccc1N(CC(=O)NCc1ccc(CN2CCOCC2)cc1)S(=O)(=O)c1ccc(C)cc1. The molecule has 0 aromatic heterocycles. The summed E-state index contributed by atoms with van der Waals surface area (Å²) in [5, 5.41) is 2.90. The fourth-order valence-electron chi connectivity index (χ4n) is 4.36. The monoisotopic (exact) mass is 521 g/mol. The molecule has 3 aromatic carbocycles. The molecule has 1 amide bonds. The van der Waals surface area contributed by atoms with E-state index in [0.717, 1.165) is 49.5 Å². The van der Waals surface area contributed by atoms with Gasteiger partial charge in [0.1, 0.15) is 6.54 Å². The third-order valence-electron chi connectivity index (χ3n) is 6.56. The average molecular weight is 522 g/mol. The number of rotatable bonds is 10. The van der Waals surface area contributed by atoms with Crippen LogP contribution in [0, 0.1) is 6.92 Å². The molecule has 0 aliphatic carbocycles. The van der Waals surface area contributed by atoms with Crippen LogP contribution in [-0.2, 0) is 39.1 Å². The smallest absolute Gasteiger partial charge is 0.264 e. The van der Waals surface area contributed by atoms with Crippen molar-refractivity contribution in [1.82, 2.24) is 10.2 Å². The van der Waals surface area contributed by atoms with Gasteiger partial charge in [-0.1, -0.05) is 67.1 Å². The van der Waals surface area contributed by atoms with Gasteiger partial charge >= 0.3 is 0 Å². The fourth-order valence-corrected chi connectivity index (χ4v) is 5.82. The van der Waals surface area contributed by atoms with E-state index in [2.05, 4.69) is 22.3 Å². The average Bonchev–Trinajstić information content (AvgIpc) is 2.92. The number of ether oxygens (including phenoxy) is 1. The second-order valence-electron chi connectivity index (χ2n) is 9.29. The predicted molar refractivity (Wildman–Crippen MR) is 146 cm³/mol. The minimum absolute atomic E-state index is 0.160. The number of morpholine rings is 1. The zero-order valence-corrected chi connectivity index (χ0v) is 22.3. The van der Waals surface area contributed by atoms with Gasteiger partial charge in [0.15, 0.2) is 0 Å². The number of hydrogen-bond acceptors (Lipinski definition) is 5. The van der Waals surface area contributed by atoms with Gasteiger partial charge in [-0.3, -0.25) is 14.0 Å². The Morgan fingerprint density at radius 1 is 0.946 bits per heavy atom. The largest absolute Gasteiger partial charge is 0.379 e. The van der Waals surface area contributed by atoms with Gasteiger partial charge < -0.3 is 10.1 Å². The summed E-state index contributed by atoms with van der Waals surface area (Å²) in [5.74, 6) is -0.362. The number of nitrogens with zero attached hydrogens (tertiary/aromatic N) is 2. The quantitative estimate of drug-likeness (QED) is 0.438. The van der Waals surface area contributed by atoms with Crippen molar-refractivity contribution in [3.05, 3.63) is 95.1 Å². The third kappa shape index (κ3) is 6.97. The molecule has 7 nitrogen and oxygen atoms in total. The molecule has 1 saturated heterocycles. The van der Waals surface area contributed by atoms with Crippen molar-refractivity contribution in [2.45, 2.75) is 38.3 Å². The summed E-state index contributed by atoms with van der Waals surface area (Å²) in [6.07, 6.45) is 0.647. The van der Waals surface area contributed by atoms with Gasteiger partial charge in [0.2, 0.25) is 5.91 Å². The lowest BCUT2D eigenvalue weighted by Crippen LogP contribution is -2.41. The topological polar surface area (TPSA) is 79.0 Å². The number of hydrogen-bond donors (Lipinski definition) is 1. The van der Waals surface area contributed by atoms with Crippen molar-refractivity contribution in [2.24, 2.45) is 0 Å². The van der Waals surface area contributed by atoms with E-state index in [1.165, 1.54) is 9.87 Å². The third-order valence-corrected chi connectivity index (χ3v) is 8.33. The summed E-state index contributed by atoms with van der Waals surface area (Å²) < 4.78 is 33.9. The molecule has 1 aliphatic rings. The van der Waals surface area contributed by atoms with Crippen LogP contribution in [0.3, 0.4) is 0 Å². The molecule has 1 fully saturated rings. The van der Waals surface area contributed by atoms with E-state index in [9.17, 15) is 13.2 Å². The Morgan fingerprint density at radius 2 is 1.59 bits per heavy atom. The van der Waals surface area contributed by atoms with Gasteiger partial charge in [0.05, 0.1) is 23.8 Å². The highest BCUT2D eigenvalue weighted by Gasteiger charge is 2.28. The first-order valence-electron chi connectivity index (χ1n) is 12.7. The Hall–Kier alpha value is -3.20. The normalized spacial score (nSPS) is 14.3. The van der Waals surface area contributed by atoms with Crippen molar-refractivity contribution in [1.29, 1.82) is 0 Å².